The molecule has 1 heterocycles. The monoisotopic (exact) mass is 448 g/mol. The molecule has 1 aliphatic heterocycles. The lowest BCUT2D eigenvalue weighted by atomic mass is 9.90. The van der Waals surface area contributed by atoms with E-state index in [4.69, 9.17) is 0 Å². The maximum Gasteiger partial charge on any atom is 0.264 e. The van der Waals surface area contributed by atoms with Crippen molar-refractivity contribution in [2.45, 2.75) is 44.2 Å². The van der Waals surface area contributed by atoms with E-state index >= 15 is 0 Å². The Morgan fingerprint density at radius 1 is 0.906 bits per heavy atom. The average molecular weight is 449 g/mol. The van der Waals surface area contributed by atoms with Crippen LogP contribution >= 0.6 is 0 Å². The summed E-state index contributed by atoms with van der Waals surface area (Å²) >= 11 is 0. The first-order chi connectivity index (χ1) is 15.3. The van der Waals surface area contributed by atoms with Gasteiger partial charge < -0.3 is 4.90 Å². The molecule has 4 rings (SSSR count). The van der Waals surface area contributed by atoms with Crippen molar-refractivity contribution in [3.63, 3.8) is 0 Å². The fraction of sp³-hybridized carbons (Fsp3) is 0.269. The van der Waals surface area contributed by atoms with E-state index in [0.717, 1.165) is 11.3 Å². The van der Waals surface area contributed by atoms with Crippen LogP contribution in [0.25, 0.3) is 0 Å². The summed E-state index contributed by atoms with van der Waals surface area (Å²) in [5.74, 6) is -0.110. The lowest BCUT2D eigenvalue weighted by Crippen LogP contribution is -2.49. The third-order valence-corrected chi connectivity index (χ3v) is 7.74. The molecule has 6 heteroatoms. The van der Waals surface area contributed by atoms with Crippen molar-refractivity contribution in [2.24, 2.45) is 5.92 Å². The summed E-state index contributed by atoms with van der Waals surface area (Å²) in [6.45, 7) is 5.77. The van der Waals surface area contributed by atoms with Crippen molar-refractivity contribution < 1.29 is 13.2 Å². The third-order valence-electron chi connectivity index (χ3n) is 5.89. The molecule has 166 valence electrons. The summed E-state index contributed by atoms with van der Waals surface area (Å²) in [7, 11) is -3.84. The lowest BCUT2D eigenvalue weighted by Gasteiger charge is -2.44. The van der Waals surface area contributed by atoms with Gasteiger partial charge in [0.15, 0.2) is 0 Å². The molecule has 0 fully saturated rings. The number of nitrogens with zero attached hydrogens (tertiary/aromatic N) is 2. The van der Waals surface area contributed by atoms with E-state index in [0.29, 0.717) is 12.1 Å². The number of amides is 1. The zero-order valence-corrected chi connectivity index (χ0v) is 19.4. The number of fused-ring (bicyclic) bond motifs is 1. The number of benzene rings is 3. The minimum absolute atomic E-state index is 0.0422. The molecule has 1 amide bonds. The second-order valence-electron chi connectivity index (χ2n) is 8.47. The van der Waals surface area contributed by atoms with Crippen LogP contribution in [0.1, 0.15) is 38.8 Å². The largest absolute Gasteiger partial charge is 0.309 e. The van der Waals surface area contributed by atoms with Crippen molar-refractivity contribution in [1.82, 2.24) is 0 Å². The van der Waals surface area contributed by atoms with Crippen molar-refractivity contribution in [2.75, 3.05) is 9.21 Å². The summed E-state index contributed by atoms with van der Waals surface area (Å²) in [4.78, 5) is 15.1. The third kappa shape index (κ3) is 3.91. The van der Waals surface area contributed by atoms with Gasteiger partial charge in [0.05, 0.1) is 16.6 Å². The highest BCUT2D eigenvalue weighted by Crippen LogP contribution is 2.44. The van der Waals surface area contributed by atoms with Gasteiger partial charge in [-0.3, -0.25) is 9.10 Å². The van der Waals surface area contributed by atoms with E-state index in [-0.39, 0.29) is 22.8 Å². The van der Waals surface area contributed by atoms with Gasteiger partial charge in [0.1, 0.15) is 0 Å². The van der Waals surface area contributed by atoms with Crippen molar-refractivity contribution in [3.8, 4) is 0 Å². The first-order valence-electron chi connectivity index (χ1n) is 10.9. The van der Waals surface area contributed by atoms with Gasteiger partial charge in [0, 0.05) is 17.6 Å². The van der Waals surface area contributed by atoms with Crippen LogP contribution in [0.4, 0.5) is 11.4 Å². The smallest absolute Gasteiger partial charge is 0.264 e. The summed E-state index contributed by atoms with van der Waals surface area (Å²) in [6, 6.07) is 24.8. The summed E-state index contributed by atoms with van der Waals surface area (Å²) in [6.07, 6.45) is 0.496. The Bertz CT molecular complexity index is 1190. The fourth-order valence-corrected chi connectivity index (χ4v) is 6.05. The minimum atomic E-state index is -3.84. The van der Waals surface area contributed by atoms with Crippen molar-refractivity contribution >= 4 is 27.3 Å². The Hall–Kier alpha value is -3.12. The Labute approximate surface area is 190 Å². The summed E-state index contributed by atoms with van der Waals surface area (Å²) in [5, 5.41) is 0. The van der Waals surface area contributed by atoms with Crippen molar-refractivity contribution in [3.05, 3.63) is 90.5 Å². The number of para-hydroxylation sites is 2. The van der Waals surface area contributed by atoms with Crippen LogP contribution in [0.5, 0.6) is 0 Å². The molecule has 2 atom stereocenters. The first-order valence-corrected chi connectivity index (χ1v) is 12.3. The van der Waals surface area contributed by atoms with E-state index in [1.165, 1.54) is 4.31 Å². The average Bonchev–Trinajstić information content (AvgIpc) is 2.80. The normalized spacial score (nSPS) is 18.3. The number of carbonyl (C=O) groups is 1. The van der Waals surface area contributed by atoms with Crippen LogP contribution in [0.3, 0.4) is 0 Å². The fourth-order valence-electron chi connectivity index (χ4n) is 4.38. The van der Waals surface area contributed by atoms with Gasteiger partial charge in [-0.1, -0.05) is 68.4 Å². The molecule has 5 nitrogen and oxygen atoms in total. The number of hydrogen-bond donors (Lipinski definition) is 0. The molecule has 0 radical (unpaired) electrons. The number of hydrogen-bond acceptors (Lipinski definition) is 3. The van der Waals surface area contributed by atoms with Crippen LogP contribution in [0.15, 0.2) is 89.8 Å². The minimum Gasteiger partial charge on any atom is -0.309 e. The highest BCUT2D eigenvalue weighted by Gasteiger charge is 2.41. The molecule has 0 aromatic heterocycles. The van der Waals surface area contributed by atoms with Gasteiger partial charge in [-0.2, -0.15) is 0 Å². The second-order valence-corrected chi connectivity index (χ2v) is 10.3. The molecular weight excluding hydrogens is 420 g/mol. The van der Waals surface area contributed by atoms with Crippen LogP contribution in [0, 0.1) is 5.92 Å². The Kier molecular flexibility index (Phi) is 6.07. The molecule has 0 spiro atoms. The van der Waals surface area contributed by atoms with Crippen LogP contribution in [-0.4, -0.2) is 20.4 Å². The highest BCUT2D eigenvalue weighted by atomic mass is 32.2. The highest BCUT2D eigenvalue weighted by molar-refractivity contribution is 7.92. The molecule has 3 aromatic carbocycles. The van der Waals surface area contributed by atoms with Gasteiger partial charge in [-0.05, 0) is 49.2 Å². The maximum atomic E-state index is 13.9. The quantitative estimate of drug-likeness (QED) is 0.525. The van der Waals surface area contributed by atoms with E-state index < -0.39 is 16.1 Å². The first kappa shape index (κ1) is 22.1. The predicted octanol–water partition coefficient (Wildman–Crippen LogP) is 5.40. The van der Waals surface area contributed by atoms with E-state index in [1.54, 1.807) is 30.3 Å². The van der Waals surface area contributed by atoms with Gasteiger partial charge in [0.25, 0.3) is 10.0 Å². The predicted molar refractivity (Wildman–Crippen MR) is 128 cm³/mol. The van der Waals surface area contributed by atoms with Crippen LogP contribution in [-0.2, 0) is 14.8 Å². The summed E-state index contributed by atoms with van der Waals surface area (Å²) < 4.78 is 29.4. The zero-order valence-electron chi connectivity index (χ0n) is 18.5. The Balaban J connectivity index is 1.90. The Morgan fingerprint density at radius 3 is 2.09 bits per heavy atom. The number of rotatable bonds is 5. The molecule has 3 aromatic rings. The SMILES string of the molecule is CC(C)C(=O)N1c2ccccc2C(N(c2ccccc2)S(=O)(=O)c2ccccc2)CC1C. The summed E-state index contributed by atoms with van der Waals surface area (Å²) in [5.41, 5.74) is 2.22. The van der Waals surface area contributed by atoms with Gasteiger partial charge in [-0.25, -0.2) is 8.42 Å². The van der Waals surface area contributed by atoms with Crippen LogP contribution in [0.2, 0.25) is 0 Å². The molecule has 32 heavy (non-hydrogen) atoms. The molecule has 0 saturated heterocycles. The van der Waals surface area contributed by atoms with Crippen LogP contribution < -0.4 is 9.21 Å². The number of carbonyl (C=O) groups excluding carboxylic acids is 1. The van der Waals surface area contributed by atoms with E-state index in [2.05, 4.69) is 0 Å². The molecule has 2 unspecified atom stereocenters. The van der Waals surface area contributed by atoms with E-state index in [9.17, 15) is 13.2 Å². The van der Waals surface area contributed by atoms with E-state index in [1.807, 2.05) is 80.3 Å². The number of anilines is 2. The standard InChI is InChI=1S/C26H28N2O3S/c1-19(2)26(29)27-20(3)18-25(23-16-10-11-17-24(23)27)28(21-12-6-4-7-13-21)32(30,31)22-14-8-5-9-15-22/h4-17,19-20,25H,18H2,1-3H3. The zero-order chi connectivity index (χ0) is 22.9. The van der Waals surface area contributed by atoms with Gasteiger partial charge in [-0.15, -0.1) is 0 Å². The van der Waals surface area contributed by atoms with Gasteiger partial charge in [0.2, 0.25) is 5.91 Å². The lowest BCUT2D eigenvalue weighted by molar-refractivity contribution is -0.122. The Morgan fingerprint density at radius 2 is 1.47 bits per heavy atom. The van der Waals surface area contributed by atoms with Gasteiger partial charge >= 0.3 is 0 Å². The molecule has 0 bridgehead atoms. The molecule has 1 aliphatic rings. The molecular formula is C26H28N2O3S. The maximum absolute atomic E-state index is 13.9. The molecule has 0 saturated carbocycles. The second kappa shape index (κ2) is 8.79. The van der Waals surface area contributed by atoms with Crippen molar-refractivity contribution in [1.29, 1.82) is 0 Å². The molecule has 0 aliphatic carbocycles. The molecule has 0 N–H and O–H groups in total. The number of sulfonamides is 1. The topological polar surface area (TPSA) is 57.7 Å².